The average Bonchev–Trinajstić information content (AvgIpc) is 2.70. The summed E-state index contributed by atoms with van der Waals surface area (Å²) in [6, 6.07) is -5.47. The molecule has 0 heterocycles. The van der Waals surface area contributed by atoms with E-state index in [4.69, 9.17) is 16.6 Å². The van der Waals surface area contributed by atoms with E-state index in [1.165, 1.54) is 6.92 Å². The molecule has 0 fully saturated rings. The van der Waals surface area contributed by atoms with Crippen molar-refractivity contribution < 1.29 is 39.3 Å². The summed E-state index contributed by atoms with van der Waals surface area (Å²) in [5.41, 5.74) is 10.8. The number of carbonyl (C=O) groups is 5. The molecule has 6 unspecified atom stereocenters. The Balaban J connectivity index is 5.20. The average molecular weight is 447 g/mol. The van der Waals surface area contributed by atoms with E-state index < -0.39 is 66.5 Å². The molecule has 31 heavy (non-hydrogen) atoms. The van der Waals surface area contributed by atoms with Gasteiger partial charge in [-0.15, -0.1) is 0 Å². The molecule has 4 amide bonds. The Morgan fingerprint density at radius 1 is 0.935 bits per heavy atom. The number of nitrogens with one attached hydrogen (secondary N) is 3. The van der Waals surface area contributed by atoms with Crippen molar-refractivity contribution >= 4 is 29.6 Å². The van der Waals surface area contributed by atoms with Crippen LogP contribution >= 0.6 is 0 Å². The molecule has 10 N–H and O–H groups in total. The zero-order chi connectivity index (χ0) is 24.3. The summed E-state index contributed by atoms with van der Waals surface area (Å²) in [6.45, 7) is 3.91. The number of carboxylic acids is 1. The Bertz CT molecular complexity index is 657. The van der Waals surface area contributed by atoms with Crippen LogP contribution in [0.5, 0.6) is 0 Å². The van der Waals surface area contributed by atoms with E-state index in [9.17, 15) is 34.2 Å². The number of hydrogen-bond acceptors (Lipinski definition) is 8. The monoisotopic (exact) mass is 447 g/mol. The third-order valence-corrected chi connectivity index (χ3v) is 4.73. The van der Waals surface area contributed by atoms with E-state index >= 15 is 0 Å². The topological polar surface area (TPSA) is 234 Å². The van der Waals surface area contributed by atoms with Gasteiger partial charge in [-0.25, -0.2) is 4.79 Å². The number of carboxylic acid groups (broad SMARTS) is 1. The normalized spacial score (nSPS) is 16.7. The predicted octanol–water partition coefficient (Wildman–Crippen LogP) is -3.46. The van der Waals surface area contributed by atoms with E-state index in [2.05, 4.69) is 16.0 Å². The lowest BCUT2D eigenvalue weighted by atomic mass is 9.98. The van der Waals surface area contributed by atoms with Crippen molar-refractivity contribution in [2.24, 2.45) is 17.4 Å². The van der Waals surface area contributed by atoms with Crippen molar-refractivity contribution in [1.82, 2.24) is 16.0 Å². The number of nitrogens with two attached hydrogens (primary N) is 2. The molecule has 0 saturated heterocycles. The van der Waals surface area contributed by atoms with Crippen LogP contribution in [-0.4, -0.2) is 81.8 Å². The Morgan fingerprint density at radius 3 is 1.90 bits per heavy atom. The molecule has 13 nitrogen and oxygen atoms in total. The highest BCUT2D eigenvalue weighted by atomic mass is 16.4. The molecule has 0 radical (unpaired) electrons. The van der Waals surface area contributed by atoms with Crippen molar-refractivity contribution in [2.45, 2.75) is 70.3 Å². The maximum Gasteiger partial charge on any atom is 0.326 e. The number of aliphatic carboxylic acids is 1. The number of aliphatic hydroxyl groups is 2. The first-order valence-electron chi connectivity index (χ1n) is 9.82. The number of hydrogen-bond donors (Lipinski definition) is 8. The van der Waals surface area contributed by atoms with Crippen LogP contribution in [0.2, 0.25) is 0 Å². The number of rotatable bonds is 14. The van der Waals surface area contributed by atoms with Gasteiger partial charge in [-0.1, -0.05) is 20.3 Å². The Hall–Kier alpha value is -2.77. The van der Waals surface area contributed by atoms with E-state index in [0.717, 1.165) is 0 Å². The highest BCUT2D eigenvalue weighted by Gasteiger charge is 2.32. The van der Waals surface area contributed by atoms with Gasteiger partial charge in [0.2, 0.25) is 23.6 Å². The van der Waals surface area contributed by atoms with Crippen LogP contribution in [0.15, 0.2) is 0 Å². The molecule has 178 valence electrons. The van der Waals surface area contributed by atoms with E-state index in [1.807, 2.05) is 6.92 Å². The molecule has 6 atom stereocenters. The summed E-state index contributed by atoms with van der Waals surface area (Å²) in [5, 5.41) is 35.0. The maximum absolute atomic E-state index is 12.5. The predicted molar refractivity (Wildman–Crippen MR) is 108 cm³/mol. The lowest BCUT2D eigenvalue weighted by Gasteiger charge is -2.26. The van der Waals surface area contributed by atoms with Crippen LogP contribution < -0.4 is 27.4 Å². The molecule has 0 aliphatic rings. The standard InChI is InChI=1S/C18H33N5O8/c1-4-8(2)13(20)16(28)23-14(9(3)25)17(29)22-11(7-24)15(27)21-10(18(30)31)5-6-12(19)26/h8-11,13-14,24-25H,4-7,20H2,1-3H3,(H2,19,26)(H,21,27)(H,22,29)(H,23,28)(H,30,31). The largest absolute Gasteiger partial charge is 0.480 e. The minimum Gasteiger partial charge on any atom is -0.480 e. The molecule has 0 aliphatic carbocycles. The number of carbonyl (C=O) groups excluding carboxylic acids is 4. The summed E-state index contributed by atoms with van der Waals surface area (Å²) in [6.07, 6.45) is -1.35. The van der Waals surface area contributed by atoms with Crippen molar-refractivity contribution in [3.05, 3.63) is 0 Å². The maximum atomic E-state index is 12.5. The first-order chi connectivity index (χ1) is 14.3. The van der Waals surface area contributed by atoms with Gasteiger partial charge in [-0.2, -0.15) is 0 Å². The summed E-state index contributed by atoms with van der Waals surface area (Å²) in [7, 11) is 0. The van der Waals surface area contributed by atoms with Gasteiger partial charge in [0, 0.05) is 6.42 Å². The molecular weight excluding hydrogens is 414 g/mol. The zero-order valence-electron chi connectivity index (χ0n) is 17.8. The van der Waals surface area contributed by atoms with Crippen molar-refractivity contribution in [2.75, 3.05) is 6.61 Å². The second kappa shape index (κ2) is 13.5. The molecular formula is C18H33N5O8. The third kappa shape index (κ3) is 9.72. The van der Waals surface area contributed by atoms with Crippen LogP contribution in [0, 0.1) is 5.92 Å². The fraction of sp³-hybridized carbons (Fsp3) is 0.722. The zero-order valence-corrected chi connectivity index (χ0v) is 17.8. The quantitative estimate of drug-likeness (QED) is 0.132. The van der Waals surface area contributed by atoms with Crippen molar-refractivity contribution in [1.29, 1.82) is 0 Å². The van der Waals surface area contributed by atoms with Gasteiger partial charge >= 0.3 is 5.97 Å². The lowest BCUT2D eigenvalue weighted by molar-refractivity contribution is -0.143. The molecule has 0 aromatic heterocycles. The van der Waals surface area contributed by atoms with Crippen LogP contribution in [0.4, 0.5) is 0 Å². The molecule has 0 aromatic carbocycles. The molecule has 0 rings (SSSR count). The van der Waals surface area contributed by atoms with E-state index in [0.29, 0.717) is 6.42 Å². The Morgan fingerprint density at radius 2 is 1.48 bits per heavy atom. The molecule has 0 aromatic rings. The van der Waals surface area contributed by atoms with Gasteiger partial charge < -0.3 is 42.7 Å². The van der Waals surface area contributed by atoms with Gasteiger partial charge in [-0.3, -0.25) is 19.2 Å². The summed E-state index contributed by atoms with van der Waals surface area (Å²) < 4.78 is 0. The first-order valence-corrected chi connectivity index (χ1v) is 9.82. The molecule has 0 bridgehead atoms. The van der Waals surface area contributed by atoms with E-state index in [1.54, 1.807) is 6.92 Å². The molecule has 0 spiro atoms. The van der Waals surface area contributed by atoms with Crippen molar-refractivity contribution in [3.8, 4) is 0 Å². The van der Waals surface area contributed by atoms with Gasteiger partial charge in [0.15, 0.2) is 0 Å². The van der Waals surface area contributed by atoms with Crippen LogP contribution in [-0.2, 0) is 24.0 Å². The lowest BCUT2D eigenvalue weighted by Crippen LogP contribution is -2.61. The summed E-state index contributed by atoms with van der Waals surface area (Å²) in [4.78, 5) is 59.1. The van der Waals surface area contributed by atoms with Gasteiger partial charge in [-0.05, 0) is 19.3 Å². The molecule has 13 heteroatoms. The Labute approximate surface area is 179 Å². The van der Waals surface area contributed by atoms with Crippen LogP contribution in [0.25, 0.3) is 0 Å². The minimum atomic E-state index is -1.58. The second-order valence-electron chi connectivity index (χ2n) is 7.29. The van der Waals surface area contributed by atoms with Gasteiger partial charge in [0.1, 0.15) is 18.1 Å². The number of primary amides is 1. The SMILES string of the molecule is CCC(C)C(N)C(=O)NC(C(=O)NC(CO)C(=O)NC(CCC(N)=O)C(=O)O)C(C)O. The minimum absolute atomic E-state index is 0.193. The third-order valence-electron chi connectivity index (χ3n) is 4.73. The van der Waals surface area contributed by atoms with Crippen LogP contribution in [0.3, 0.4) is 0 Å². The highest BCUT2D eigenvalue weighted by Crippen LogP contribution is 2.06. The summed E-state index contributed by atoms with van der Waals surface area (Å²) >= 11 is 0. The second-order valence-corrected chi connectivity index (χ2v) is 7.29. The van der Waals surface area contributed by atoms with E-state index in [-0.39, 0.29) is 18.8 Å². The highest BCUT2D eigenvalue weighted by molar-refractivity contribution is 5.94. The fourth-order valence-electron chi connectivity index (χ4n) is 2.44. The number of aliphatic hydroxyl groups excluding tert-OH is 2. The smallest absolute Gasteiger partial charge is 0.326 e. The molecule has 0 saturated carbocycles. The number of amides is 4. The summed E-state index contributed by atoms with van der Waals surface area (Å²) in [5.74, 6) is -5.11. The van der Waals surface area contributed by atoms with Gasteiger partial charge in [0.05, 0.1) is 18.8 Å². The van der Waals surface area contributed by atoms with Crippen molar-refractivity contribution in [3.63, 3.8) is 0 Å². The first kappa shape index (κ1) is 28.2. The van der Waals surface area contributed by atoms with Crippen LogP contribution in [0.1, 0.15) is 40.0 Å². The van der Waals surface area contributed by atoms with Gasteiger partial charge in [0.25, 0.3) is 0 Å². The fourth-order valence-corrected chi connectivity index (χ4v) is 2.44. The molecule has 0 aliphatic heterocycles. The Kier molecular flexibility index (Phi) is 12.3.